The van der Waals surface area contributed by atoms with Crippen molar-refractivity contribution in [1.29, 1.82) is 0 Å². The van der Waals surface area contributed by atoms with Crippen molar-refractivity contribution in [3.05, 3.63) is 76.3 Å². The zero-order valence-electron chi connectivity index (χ0n) is 14.5. The van der Waals surface area contributed by atoms with Gasteiger partial charge >= 0.3 is 0 Å². The number of amides is 1. The van der Waals surface area contributed by atoms with Crippen molar-refractivity contribution in [2.24, 2.45) is 5.73 Å². The molecule has 0 bridgehead atoms. The summed E-state index contributed by atoms with van der Waals surface area (Å²) in [6, 6.07) is 14.3. The van der Waals surface area contributed by atoms with Crippen molar-refractivity contribution in [2.45, 2.75) is 0 Å². The van der Waals surface area contributed by atoms with Crippen LogP contribution in [-0.4, -0.2) is 43.3 Å². The molecular formula is C20H21BrN2O3. The lowest BCUT2D eigenvalue weighted by Crippen LogP contribution is -2.30. The van der Waals surface area contributed by atoms with Gasteiger partial charge in [-0.25, -0.2) is 0 Å². The van der Waals surface area contributed by atoms with Crippen LogP contribution in [0.2, 0.25) is 0 Å². The van der Waals surface area contributed by atoms with Crippen molar-refractivity contribution < 1.29 is 14.3 Å². The molecule has 6 heteroatoms. The number of hydrogen-bond donors (Lipinski definition) is 1. The second kappa shape index (κ2) is 9.89. The van der Waals surface area contributed by atoms with Crippen molar-refractivity contribution in [1.82, 2.24) is 4.90 Å². The van der Waals surface area contributed by atoms with Crippen molar-refractivity contribution >= 4 is 27.6 Å². The van der Waals surface area contributed by atoms with Crippen LogP contribution in [0.3, 0.4) is 0 Å². The van der Waals surface area contributed by atoms with Gasteiger partial charge in [0.1, 0.15) is 12.4 Å². The summed E-state index contributed by atoms with van der Waals surface area (Å²) < 4.78 is 6.55. The van der Waals surface area contributed by atoms with Crippen LogP contribution in [0, 0.1) is 0 Å². The number of nitrogens with two attached hydrogens (primary N) is 1. The predicted octanol–water partition coefficient (Wildman–Crippen LogP) is 3.03. The van der Waals surface area contributed by atoms with E-state index in [2.05, 4.69) is 15.9 Å². The minimum Gasteiger partial charge on any atom is -0.490 e. The van der Waals surface area contributed by atoms with Gasteiger partial charge in [0, 0.05) is 22.1 Å². The molecule has 1 amide bonds. The fraction of sp³-hybridized carbons (Fsp3) is 0.200. The van der Waals surface area contributed by atoms with Crippen LogP contribution < -0.4 is 10.5 Å². The van der Waals surface area contributed by atoms with Crippen LogP contribution in [0.1, 0.15) is 15.9 Å². The molecule has 0 atom stereocenters. The number of ketones is 1. The van der Waals surface area contributed by atoms with E-state index in [4.69, 9.17) is 10.5 Å². The van der Waals surface area contributed by atoms with E-state index < -0.39 is 0 Å². The maximum absolute atomic E-state index is 12.4. The average Bonchev–Trinajstić information content (AvgIpc) is 2.61. The summed E-state index contributed by atoms with van der Waals surface area (Å²) in [5, 5.41) is 0. The number of primary amides is 1. The smallest absolute Gasteiger partial charge is 0.231 e. The maximum atomic E-state index is 12.4. The molecule has 0 heterocycles. The van der Waals surface area contributed by atoms with Crippen molar-refractivity contribution in [3.63, 3.8) is 0 Å². The number of halogens is 1. The van der Waals surface area contributed by atoms with Gasteiger partial charge in [-0.15, -0.1) is 0 Å². The molecule has 2 aromatic carbocycles. The monoisotopic (exact) mass is 416 g/mol. The Kier molecular flexibility index (Phi) is 7.56. The third kappa shape index (κ3) is 6.46. The van der Waals surface area contributed by atoms with Gasteiger partial charge in [0.05, 0.1) is 6.54 Å². The van der Waals surface area contributed by atoms with E-state index in [1.54, 1.807) is 41.3 Å². The molecule has 2 N–H and O–H groups in total. The summed E-state index contributed by atoms with van der Waals surface area (Å²) in [6.45, 7) is 1.25. The standard InChI is InChI=1S/C20H21BrN2O3/c1-23(14-19(22)24)12-2-3-13-26-18-10-6-16(7-11-18)20(25)15-4-8-17(21)9-5-15/h2-11H,12-14H2,1H3,(H2,22,24)/b3-2+. The molecule has 0 aliphatic carbocycles. The number of carbonyl (C=O) groups is 2. The minimum absolute atomic E-state index is 0.0265. The van der Waals surface area contributed by atoms with Crippen LogP contribution in [0.4, 0.5) is 0 Å². The largest absolute Gasteiger partial charge is 0.490 e. The lowest BCUT2D eigenvalue weighted by Gasteiger charge is -2.10. The highest BCUT2D eigenvalue weighted by atomic mass is 79.9. The van der Waals surface area contributed by atoms with Crippen LogP contribution in [0.25, 0.3) is 0 Å². The van der Waals surface area contributed by atoms with Crippen molar-refractivity contribution in [2.75, 3.05) is 26.7 Å². The Morgan fingerprint density at radius 2 is 1.62 bits per heavy atom. The zero-order chi connectivity index (χ0) is 18.9. The Bertz CT molecular complexity index is 771. The van der Waals surface area contributed by atoms with E-state index in [1.165, 1.54) is 0 Å². The number of benzene rings is 2. The molecule has 0 aliphatic rings. The fourth-order valence-corrected chi connectivity index (χ4v) is 2.53. The van der Waals surface area contributed by atoms with Gasteiger partial charge in [0.25, 0.3) is 0 Å². The van der Waals surface area contributed by atoms with E-state index in [-0.39, 0.29) is 18.2 Å². The average molecular weight is 417 g/mol. The van der Waals surface area contributed by atoms with E-state index in [0.29, 0.717) is 30.0 Å². The van der Waals surface area contributed by atoms with Gasteiger partial charge in [-0.1, -0.05) is 28.1 Å². The molecule has 2 rings (SSSR count). The third-order valence-electron chi connectivity index (χ3n) is 3.58. The van der Waals surface area contributed by atoms with Gasteiger partial charge in [0.2, 0.25) is 5.91 Å². The molecule has 26 heavy (non-hydrogen) atoms. The summed E-state index contributed by atoms with van der Waals surface area (Å²) >= 11 is 3.36. The summed E-state index contributed by atoms with van der Waals surface area (Å²) in [5.74, 6) is 0.309. The molecule has 0 unspecified atom stereocenters. The Hall–Kier alpha value is -2.44. The maximum Gasteiger partial charge on any atom is 0.231 e. The number of hydrogen-bond acceptors (Lipinski definition) is 4. The quantitative estimate of drug-likeness (QED) is 0.503. The summed E-state index contributed by atoms with van der Waals surface area (Å²) in [4.78, 5) is 25.0. The molecule has 0 saturated heterocycles. The molecule has 2 aromatic rings. The first-order valence-corrected chi connectivity index (χ1v) is 8.90. The Labute approximate surface area is 161 Å². The first-order valence-electron chi connectivity index (χ1n) is 8.10. The number of ether oxygens (including phenoxy) is 1. The summed E-state index contributed by atoms with van der Waals surface area (Å²) in [7, 11) is 1.82. The molecule has 0 aliphatic heterocycles. The molecule has 0 aromatic heterocycles. The molecule has 5 nitrogen and oxygen atoms in total. The van der Waals surface area contributed by atoms with Crippen molar-refractivity contribution in [3.8, 4) is 5.75 Å². The van der Waals surface area contributed by atoms with Gasteiger partial charge in [-0.05, 0) is 55.6 Å². The summed E-state index contributed by atoms with van der Waals surface area (Å²) in [6.07, 6.45) is 3.78. The van der Waals surface area contributed by atoms with E-state index >= 15 is 0 Å². The first-order chi connectivity index (χ1) is 12.5. The van der Waals surface area contributed by atoms with E-state index in [1.807, 2.05) is 31.3 Å². The van der Waals surface area contributed by atoms with Crippen LogP contribution in [-0.2, 0) is 4.79 Å². The lowest BCUT2D eigenvalue weighted by molar-refractivity contribution is -0.118. The van der Waals surface area contributed by atoms with Crippen LogP contribution in [0.5, 0.6) is 5.75 Å². The highest BCUT2D eigenvalue weighted by Gasteiger charge is 2.08. The Balaban J connectivity index is 1.83. The van der Waals surface area contributed by atoms with E-state index in [9.17, 15) is 9.59 Å². The molecular weight excluding hydrogens is 396 g/mol. The van der Waals surface area contributed by atoms with Gasteiger partial charge < -0.3 is 10.5 Å². The SMILES string of the molecule is CN(C/C=C/COc1ccc(C(=O)c2ccc(Br)cc2)cc1)CC(N)=O. The van der Waals surface area contributed by atoms with Gasteiger partial charge in [-0.2, -0.15) is 0 Å². The number of likely N-dealkylation sites (N-methyl/N-ethyl adjacent to an activating group) is 1. The molecule has 0 saturated carbocycles. The number of carbonyl (C=O) groups excluding carboxylic acids is 2. The van der Waals surface area contributed by atoms with E-state index in [0.717, 1.165) is 4.47 Å². The Morgan fingerprint density at radius 3 is 2.19 bits per heavy atom. The lowest BCUT2D eigenvalue weighted by atomic mass is 10.0. The van der Waals surface area contributed by atoms with Crippen LogP contribution >= 0.6 is 15.9 Å². The summed E-state index contributed by atoms with van der Waals surface area (Å²) in [5.41, 5.74) is 6.38. The first kappa shape index (κ1) is 19.9. The van der Waals surface area contributed by atoms with Gasteiger partial charge in [-0.3, -0.25) is 14.5 Å². The molecule has 0 radical (unpaired) electrons. The number of nitrogens with zero attached hydrogens (tertiary/aromatic N) is 1. The second-order valence-electron chi connectivity index (χ2n) is 5.81. The number of rotatable bonds is 9. The Morgan fingerprint density at radius 1 is 1.04 bits per heavy atom. The second-order valence-corrected chi connectivity index (χ2v) is 6.72. The molecule has 136 valence electrons. The topological polar surface area (TPSA) is 72.6 Å². The normalized spacial score (nSPS) is 11.0. The fourth-order valence-electron chi connectivity index (χ4n) is 2.27. The van der Waals surface area contributed by atoms with Gasteiger partial charge in [0.15, 0.2) is 5.78 Å². The molecule has 0 fully saturated rings. The zero-order valence-corrected chi connectivity index (χ0v) is 16.1. The third-order valence-corrected chi connectivity index (χ3v) is 4.11. The highest BCUT2D eigenvalue weighted by Crippen LogP contribution is 2.17. The van der Waals surface area contributed by atoms with Crippen LogP contribution in [0.15, 0.2) is 65.2 Å². The minimum atomic E-state index is -0.352. The highest BCUT2D eigenvalue weighted by molar-refractivity contribution is 9.10. The predicted molar refractivity (Wildman–Crippen MR) is 105 cm³/mol. The molecule has 0 spiro atoms.